The quantitative estimate of drug-likeness (QED) is 0.308. The van der Waals surface area contributed by atoms with Crippen molar-refractivity contribution in [2.75, 3.05) is 13.3 Å². The van der Waals surface area contributed by atoms with Crippen LogP contribution in [-0.4, -0.2) is 41.1 Å². The monoisotopic (exact) mass is 433 g/mol. The summed E-state index contributed by atoms with van der Waals surface area (Å²) in [6.07, 6.45) is 5.69. The van der Waals surface area contributed by atoms with Crippen LogP contribution in [0.15, 0.2) is 30.9 Å². The molecule has 1 atom stereocenters. The van der Waals surface area contributed by atoms with Crippen LogP contribution in [0.1, 0.15) is 6.92 Å². The highest BCUT2D eigenvalue weighted by Crippen LogP contribution is 2.42. The van der Waals surface area contributed by atoms with Crippen LogP contribution in [-0.2, 0) is 25.5 Å². The average Bonchev–Trinajstić information content (AvgIpc) is 3.00. The van der Waals surface area contributed by atoms with E-state index >= 15 is 0 Å². The van der Waals surface area contributed by atoms with Gasteiger partial charge >= 0.3 is 5.51 Å². The number of hydrogen-bond donors (Lipinski definition) is 0. The predicted octanol–water partition coefficient (Wildman–Crippen LogP) is 2.45. The van der Waals surface area contributed by atoms with Crippen LogP contribution in [0.2, 0.25) is 0 Å². The maximum atomic E-state index is 12.0. The summed E-state index contributed by atoms with van der Waals surface area (Å²) in [4.78, 5) is 4.14. The fourth-order valence-corrected chi connectivity index (χ4v) is 3.54. The average molecular weight is 433 g/mol. The maximum Gasteiger partial charge on any atom is 0.485 e. The van der Waals surface area contributed by atoms with E-state index in [4.69, 9.17) is 17.5 Å². The van der Waals surface area contributed by atoms with Gasteiger partial charge in [0.1, 0.15) is 11.3 Å². The van der Waals surface area contributed by atoms with Gasteiger partial charge in [-0.05, 0) is 18.5 Å². The Morgan fingerprint density at radius 3 is 2.27 bits per heavy atom. The number of aromatic nitrogens is 3. The molecule has 2 aromatic heterocycles. The second kappa shape index (κ2) is 9.00. The SMILES string of the molecule is CCOP(C)(=O)C[n+]1ccc(-c2ncns2)cc1.O=S(=O)([O-])C(F)(F)F. The van der Waals surface area contributed by atoms with Gasteiger partial charge in [-0.1, -0.05) is 0 Å². The molecule has 0 spiro atoms. The van der Waals surface area contributed by atoms with Crippen molar-refractivity contribution >= 4 is 29.0 Å². The summed E-state index contributed by atoms with van der Waals surface area (Å²) in [7, 11) is -8.64. The van der Waals surface area contributed by atoms with E-state index < -0.39 is 23.0 Å². The van der Waals surface area contributed by atoms with Crippen LogP contribution >= 0.6 is 18.9 Å². The molecule has 0 N–H and O–H groups in total. The van der Waals surface area contributed by atoms with E-state index in [0.29, 0.717) is 12.9 Å². The van der Waals surface area contributed by atoms with Gasteiger partial charge in [0.2, 0.25) is 6.29 Å². The van der Waals surface area contributed by atoms with Crippen molar-refractivity contribution in [1.82, 2.24) is 9.36 Å². The third kappa shape index (κ3) is 7.46. The van der Waals surface area contributed by atoms with Crippen LogP contribution in [0, 0.1) is 0 Å². The van der Waals surface area contributed by atoms with E-state index in [9.17, 15) is 17.7 Å². The van der Waals surface area contributed by atoms with Gasteiger partial charge in [-0.2, -0.15) is 22.1 Å². The molecule has 0 aliphatic heterocycles. The van der Waals surface area contributed by atoms with Gasteiger partial charge in [0, 0.05) is 24.4 Å². The topological polar surface area (TPSA) is 113 Å². The molecule has 14 heteroatoms. The Hall–Kier alpha value is -1.40. The highest BCUT2D eigenvalue weighted by atomic mass is 32.2. The largest absolute Gasteiger partial charge is 0.741 e. The fourth-order valence-electron chi connectivity index (χ4n) is 1.61. The van der Waals surface area contributed by atoms with E-state index in [-0.39, 0.29) is 0 Å². The number of halogens is 3. The summed E-state index contributed by atoms with van der Waals surface area (Å²) < 4.78 is 82.0. The van der Waals surface area contributed by atoms with Gasteiger partial charge in [-0.15, -0.1) is 0 Å². The first kappa shape index (κ1) is 22.6. The molecule has 8 nitrogen and oxygen atoms in total. The van der Waals surface area contributed by atoms with Gasteiger partial charge in [0.25, 0.3) is 7.37 Å². The first-order valence-electron chi connectivity index (χ1n) is 6.85. The zero-order chi connectivity index (χ0) is 20.0. The first-order chi connectivity index (χ1) is 11.9. The van der Waals surface area contributed by atoms with Gasteiger partial charge < -0.3 is 9.08 Å². The Kier molecular flexibility index (Phi) is 7.84. The van der Waals surface area contributed by atoms with Crippen molar-refractivity contribution in [1.29, 1.82) is 0 Å². The molecule has 0 radical (unpaired) electrons. The van der Waals surface area contributed by atoms with Crippen molar-refractivity contribution < 1.29 is 39.8 Å². The molecular weight excluding hydrogens is 418 g/mol. The molecule has 0 aliphatic rings. The molecule has 2 rings (SSSR count). The lowest BCUT2D eigenvalue weighted by Gasteiger charge is -2.08. The zero-order valence-corrected chi connectivity index (χ0v) is 16.1. The minimum atomic E-state index is -6.09. The molecule has 0 saturated carbocycles. The van der Waals surface area contributed by atoms with E-state index in [1.165, 1.54) is 17.9 Å². The van der Waals surface area contributed by atoms with Crippen LogP contribution in [0.25, 0.3) is 10.6 Å². The van der Waals surface area contributed by atoms with E-state index in [1.807, 2.05) is 36.0 Å². The second-order valence-electron chi connectivity index (χ2n) is 4.82. The van der Waals surface area contributed by atoms with Crippen molar-refractivity contribution in [3.63, 3.8) is 0 Å². The predicted molar refractivity (Wildman–Crippen MR) is 86.4 cm³/mol. The molecule has 2 heterocycles. The number of alkyl halides is 3. The third-order valence-corrected chi connectivity index (χ3v) is 5.53. The Balaban J connectivity index is 0.000000359. The summed E-state index contributed by atoms with van der Waals surface area (Å²) in [5.74, 6) is 0. The maximum absolute atomic E-state index is 12.0. The summed E-state index contributed by atoms with van der Waals surface area (Å²) >= 11 is 1.35. The molecule has 0 amide bonds. The normalized spacial score (nSPS) is 14.2. The van der Waals surface area contributed by atoms with Crippen LogP contribution in [0.5, 0.6) is 0 Å². The third-order valence-electron chi connectivity index (χ3n) is 2.61. The van der Waals surface area contributed by atoms with Gasteiger partial charge in [-0.3, -0.25) is 4.57 Å². The minimum absolute atomic E-state index is 0.386. The highest BCUT2D eigenvalue weighted by Gasteiger charge is 2.36. The van der Waals surface area contributed by atoms with Crippen LogP contribution in [0.4, 0.5) is 13.2 Å². The van der Waals surface area contributed by atoms with Crippen molar-refractivity contribution in [3.8, 4) is 10.6 Å². The molecule has 0 bridgehead atoms. The molecule has 26 heavy (non-hydrogen) atoms. The highest BCUT2D eigenvalue weighted by molar-refractivity contribution is 7.86. The molecule has 0 aliphatic carbocycles. The standard InChI is InChI=1S/C11H15N3O2PS.CHF3O3S/c1-3-16-17(2,15)9-14-6-4-10(5-7-14)11-12-8-13-18-11;2-1(3,4)8(5,6)7/h4-8H,3,9H2,1-2H3;(H,5,6,7)/q+1;/p-1. The van der Waals surface area contributed by atoms with Crippen molar-refractivity contribution in [2.24, 2.45) is 0 Å². The Bertz CT molecular complexity index is 842. The summed E-state index contributed by atoms with van der Waals surface area (Å²) in [5, 5.41) is 0.881. The molecule has 146 valence electrons. The Morgan fingerprint density at radius 1 is 1.35 bits per heavy atom. The fraction of sp³-hybridized carbons (Fsp3) is 0.417. The Morgan fingerprint density at radius 2 is 1.88 bits per heavy atom. The number of pyridine rings is 1. The van der Waals surface area contributed by atoms with Crippen LogP contribution in [0.3, 0.4) is 0 Å². The lowest BCUT2D eigenvalue weighted by molar-refractivity contribution is -0.679. The van der Waals surface area contributed by atoms with Gasteiger partial charge in [0.15, 0.2) is 22.5 Å². The molecule has 0 fully saturated rings. The molecule has 0 aromatic carbocycles. The van der Waals surface area contributed by atoms with E-state index in [0.717, 1.165) is 10.6 Å². The van der Waals surface area contributed by atoms with Crippen molar-refractivity contribution in [3.05, 3.63) is 30.9 Å². The van der Waals surface area contributed by atoms with Gasteiger partial charge in [0.05, 0.1) is 6.61 Å². The number of nitrogens with zero attached hydrogens (tertiary/aromatic N) is 3. The molecular formula is C12H15F3N3O5PS2. The van der Waals surface area contributed by atoms with Gasteiger partial charge in [-0.25, -0.2) is 13.4 Å². The lowest BCUT2D eigenvalue weighted by atomic mass is 10.3. The van der Waals surface area contributed by atoms with E-state index in [1.54, 1.807) is 6.66 Å². The first-order valence-corrected chi connectivity index (χ1v) is 11.3. The number of rotatable bonds is 5. The second-order valence-corrected chi connectivity index (χ2v) is 9.54. The molecule has 2 aromatic rings. The zero-order valence-electron chi connectivity index (χ0n) is 13.6. The lowest BCUT2D eigenvalue weighted by Crippen LogP contribution is -2.32. The van der Waals surface area contributed by atoms with E-state index in [2.05, 4.69) is 9.36 Å². The number of hydrogen-bond acceptors (Lipinski definition) is 8. The molecule has 1 unspecified atom stereocenters. The summed E-state index contributed by atoms with van der Waals surface area (Å²) in [5.41, 5.74) is -4.64. The minimum Gasteiger partial charge on any atom is -0.741 e. The summed E-state index contributed by atoms with van der Waals surface area (Å²) in [6, 6.07) is 3.87. The molecule has 0 saturated heterocycles. The van der Waals surface area contributed by atoms with Crippen LogP contribution < -0.4 is 4.57 Å². The smallest absolute Gasteiger partial charge is 0.485 e. The Labute approximate surface area is 152 Å². The van der Waals surface area contributed by atoms with Crippen molar-refractivity contribution in [2.45, 2.75) is 18.7 Å². The summed E-state index contributed by atoms with van der Waals surface area (Å²) in [6.45, 7) is 3.97.